The Morgan fingerprint density at radius 1 is 1.32 bits per heavy atom. The number of carbonyl (C=O) groups excluding carboxylic acids is 1. The van der Waals surface area contributed by atoms with Gasteiger partial charge >= 0.3 is 6.03 Å². The molecular weight excluding hydrogens is 400 g/mol. The average molecular weight is 419 g/mol. The third kappa shape index (κ3) is 3.98. The van der Waals surface area contributed by atoms with Crippen LogP contribution in [0.1, 0.15) is 24.7 Å². The molecule has 3 aromatic rings. The molecule has 0 atom stereocenters. The number of nitrogens with zero attached hydrogens (tertiary/aromatic N) is 3. The molecule has 1 aliphatic heterocycles. The molecule has 2 amide bonds. The summed E-state index contributed by atoms with van der Waals surface area (Å²) < 4.78 is 11.1. The van der Waals surface area contributed by atoms with Gasteiger partial charge in [0.2, 0.25) is 11.8 Å². The molecule has 2 aromatic heterocycles. The summed E-state index contributed by atoms with van der Waals surface area (Å²) in [7, 11) is 1.55. The minimum absolute atomic E-state index is 0.157. The molecule has 7 nitrogen and oxygen atoms in total. The quantitative estimate of drug-likeness (QED) is 0.653. The van der Waals surface area contributed by atoms with Gasteiger partial charge in [-0.15, -0.1) is 10.2 Å². The lowest BCUT2D eigenvalue weighted by atomic mass is 9.97. The molecule has 1 aromatic carbocycles. The number of hydrogen-bond donors (Lipinski definition) is 1. The van der Waals surface area contributed by atoms with Gasteiger partial charge in [0.15, 0.2) is 0 Å². The van der Waals surface area contributed by atoms with E-state index in [0.29, 0.717) is 41.3 Å². The van der Waals surface area contributed by atoms with Gasteiger partial charge in [-0.2, -0.15) is 11.3 Å². The summed E-state index contributed by atoms with van der Waals surface area (Å²) in [5, 5.41) is 15.7. The molecule has 4 rings (SSSR count). The van der Waals surface area contributed by atoms with Crippen molar-refractivity contribution in [3.63, 3.8) is 0 Å². The summed E-state index contributed by atoms with van der Waals surface area (Å²) >= 11 is 7.62. The maximum absolute atomic E-state index is 12.6. The molecule has 9 heteroatoms. The number of thiophene rings is 1. The number of piperidine rings is 1. The molecule has 0 radical (unpaired) electrons. The van der Waals surface area contributed by atoms with Crippen LogP contribution in [-0.2, 0) is 0 Å². The minimum Gasteiger partial charge on any atom is -0.495 e. The molecule has 3 heterocycles. The van der Waals surface area contributed by atoms with E-state index < -0.39 is 0 Å². The van der Waals surface area contributed by atoms with Crippen LogP contribution in [0.3, 0.4) is 0 Å². The number of aromatic nitrogens is 2. The SMILES string of the molecule is COc1ccc(Cl)cc1NC(=O)N1CCC(c2nnc(-c3ccsc3)o2)CC1. The standard InChI is InChI=1S/C19H19ClN4O3S/c1-26-16-3-2-14(20)10-15(16)21-19(25)24-7-4-12(5-8-24)17-22-23-18(27-17)13-6-9-28-11-13/h2-3,6,9-12H,4-5,7-8H2,1H3,(H,21,25). The highest BCUT2D eigenvalue weighted by molar-refractivity contribution is 7.08. The summed E-state index contributed by atoms with van der Waals surface area (Å²) in [5.41, 5.74) is 1.50. The zero-order valence-corrected chi connectivity index (χ0v) is 16.8. The Morgan fingerprint density at radius 2 is 2.14 bits per heavy atom. The lowest BCUT2D eigenvalue weighted by Crippen LogP contribution is -2.40. The molecule has 1 fully saturated rings. The smallest absolute Gasteiger partial charge is 0.321 e. The van der Waals surface area contributed by atoms with E-state index in [0.717, 1.165) is 18.4 Å². The Bertz CT molecular complexity index is 952. The van der Waals surface area contributed by atoms with E-state index in [1.54, 1.807) is 41.5 Å². The number of halogens is 1. The van der Waals surface area contributed by atoms with Gasteiger partial charge in [-0.05, 0) is 42.5 Å². The number of carbonyl (C=O) groups is 1. The number of anilines is 1. The Labute approximate surface area is 171 Å². The number of urea groups is 1. The lowest BCUT2D eigenvalue weighted by molar-refractivity contribution is 0.190. The van der Waals surface area contributed by atoms with Gasteiger partial charge in [-0.3, -0.25) is 0 Å². The second kappa shape index (κ2) is 8.20. The molecule has 0 unspecified atom stereocenters. The summed E-state index contributed by atoms with van der Waals surface area (Å²) in [4.78, 5) is 14.4. The Balaban J connectivity index is 1.36. The molecule has 1 N–H and O–H groups in total. The largest absolute Gasteiger partial charge is 0.495 e. The van der Waals surface area contributed by atoms with E-state index in [-0.39, 0.29) is 11.9 Å². The van der Waals surface area contributed by atoms with Gasteiger partial charge in [0.25, 0.3) is 0 Å². The van der Waals surface area contributed by atoms with Gasteiger partial charge in [0, 0.05) is 35.0 Å². The highest BCUT2D eigenvalue weighted by atomic mass is 35.5. The maximum Gasteiger partial charge on any atom is 0.321 e. The number of nitrogens with one attached hydrogen (secondary N) is 1. The van der Waals surface area contributed by atoms with Crippen molar-refractivity contribution in [2.24, 2.45) is 0 Å². The molecule has 28 heavy (non-hydrogen) atoms. The zero-order valence-electron chi connectivity index (χ0n) is 15.2. The normalized spacial score (nSPS) is 14.9. The van der Waals surface area contributed by atoms with Gasteiger partial charge in [0.1, 0.15) is 5.75 Å². The maximum atomic E-state index is 12.6. The predicted octanol–water partition coefficient (Wildman–Crippen LogP) is 4.87. The van der Waals surface area contributed by atoms with Crippen molar-refractivity contribution in [2.45, 2.75) is 18.8 Å². The second-order valence-electron chi connectivity index (χ2n) is 6.49. The number of hydrogen-bond acceptors (Lipinski definition) is 6. The van der Waals surface area contributed by atoms with Crippen molar-refractivity contribution in [1.29, 1.82) is 0 Å². The third-order valence-electron chi connectivity index (χ3n) is 4.74. The van der Waals surface area contributed by atoms with Crippen LogP contribution in [0.4, 0.5) is 10.5 Å². The first-order chi connectivity index (χ1) is 13.6. The van der Waals surface area contributed by atoms with E-state index >= 15 is 0 Å². The summed E-state index contributed by atoms with van der Waals surface area (Å²) in [6.45, 7) is 1.21. The van der Waals surface area contributed by atoms with Crippen molar-refractivity contribution in [1.82, 2.24) is 15.1 Å². The van der Waals surface area contributed by atoms with Crippen LogP contribution in [0, 0.1) is 0 Å². The van der Waals surface area contributed by atoms with Gasteiger partial charge in [-0.1, -0.05) is 11.6 Å². The summed E-state index contributed by atoms with van der Waals surface area (Å²) in [6.07, 6.45) is 1.54. The molecule has 0 saturated carbocycles. The van der Waals surface area contributed by atoms with E-state index in [4.69, 9.17) is 20.8 Å². The van der Waals surface area contributed by atoms with Gasteiger partial charge in [-0.25, -0.2) is 4.79 Å². The lowest BCUT2D eigenvalue weighted by Gasteiger charge is -2.30. The van der Waals surface area contributed by atoms with E-state index in [1.165, 1.54) is 0 Å². The average Bonchev–Trinajstić information content (AvgIpc) is 3.40. The van der Waals surface area contributed by atoms with Crippen molar-refractivity contribution in [2.75, 3.05) is 25.5 Å². The van der Waals surface area contributed by atoms with Crippen LogP contribution in [0.25, 0.3) is 11.5 Å². The first kappa shape index (κ1) is 18.8. The number of rotatable bonds is 4. The summed E-state index contributed by atoms with van der Waals surface area (Å²) in [6, 6.07) is 6.90. The topological polar surface area (TPSA) is 80.5 Å². The molecule has 0 aliphatic carbocycles. The highest BCUT2D eigenvalue weighted by Gasteiger charge is 2.28. The van der Waals surface area contributed by atoms with E-state index in [1.807, 2.05) is 16.8 Å². The van der Waals surface area contributed by atoms with Crippen LogP contribution in [0.2, 0.25) is 5.02 Å². The minimum atomic E-state index is -0.177. The molecule has 1 aliphatic rings. The number of methoxy groups -OCH3 is 1. The van der Waals surface area contributed by atoms with Crippen molar-refractivity contribution < 1.29 is 13.9 Å². The second-order valence-corrected chi connectivity index (χ2v) is 7.71. The predicted molar refractivity (Wildman–Crippen MR) is 108 cm³/mol. The van der Waals surface area contributed by atoms with Crippen molar-refractivity contribution in [3.8, 4) is 17.2 Å². The fraction of sp³-hybridized carbons (Fsp3) is 0.316. The molecule has 146 valence electrons. The number of likely N-dealkylation sites (tertiary alicyclic amines) is 1. The molecule has 1 saturated heterocycles. The highest BCUT2D eigenvalue weighted by Crippen LogP contribution is 2.31. The first-order valence-corrected chi connectivity index (χ1v) is 10.2. The van der Waals surface area contributed by atoms with Crippen molar-refractivity contribution >= 4 is 34.7 Å². The Hall–Kier alpha value is -2.58. The molecular formula is C19H19ClN4O3S. The number of ether oxygens (including phenoxy) is 1. The number of benzene rings is 1. The fourth-order valence-electron chi connectivity index (χ4n) is 3.20. The summed E-state index contributed by atoms with van der Waals surface area (Å²) in [5.74, 6) is 1.91. The third-order valence-corrected chi connectivity index (χ3v) is 5.66. The first-order valence-electron chi connectivity index (χ1n) is 8.89. The zero-order chi connectivity index (χ0) is 19.5. The van der Waals surface area contributed by atoms with Crippen molar-refractivity contribution in [3.05, 3.63) is 45.9 Å². The monoisotopic (exact) mass is 418 g/mol. The van der Waals surface area contributed by atoms with E-state index in [2.05, 4.69) is 15.5 Å². The molecule has 0 bridgehead atoms. The molecule has 0 spiro atoms. The van der Waals surface area contributed by atoms with Crippen LogP contribution < -0.4 is 10.1 Å². The Morgan fingerprint density at radius 3 is 2.86 bits per heavy atom. The van der Waals surface area contributed by atoms with Crippen LogP contribution in [0.5, 0.6) is 5.75 Å². The Kier molecular flexibility index (Phi) is 5.50. The van der Waals surface area contributed by atoms with E-state index in [9.17, 15) is 4.79 Å². The van der Waals surface area contributed by atoms with Crippen LogP contribution in [-0.4, -0.2) is 41.3 Å². The van der Waals surface area contributed by atoms with Crippen LogP contribution >= 0.6 is 22.9 Å². The van der Waals surface area contributed by atoms with Gasteiger partial charge < -0.3 is 19.4 Å². The number of amides is 2. The van der Waals surface area contributed by atoms with Crippen LogP contribution in [0.15, 0.2) is 39.4 Å². The fourth-order valence-corrected chi connectivity index (χ4v) is 4.01. The van der Waals surface area contributed by atoms with Gasteiger partial charge in [0.05, 0.1) is 12.8 Å².